The molecular weight excluding hydrogens is 539 g/mol. The highest BCUT2D eigenvalue weighted by Gasteiger charge is 2.41. The Morgan fingerprint density at radius 2 is 1.62 bits per heavy atom. The molecule has 0 spiro atoms. The molecule has 0 bridgehead atoms. The number of benzene rings is 3. The molecule has 4 rings (SSSR count). The van der Waals surface area contributed by atoms with Gasteiger partial charge in [0.2, 0.25) is 10.0 Å². The lowest BCUT2D eigenvalue weighted by Gasteiger charge is -2.39. The molecule has 9 heteroatoms. The normalized spacial score (nSPS) is 13.6. The van der Waals surface area contributed by atoms with Crippen molar-refractivity contribution in [2.24, 2.45) is 0 Å². The molecule has 1 heterocycles. The average molecular weight is 578 g/mol. The predicted octanol–water partition coefficient (Wildman–Crippen LogP) is 6.74. The largest absolute Gasteiger partial charge is 0.403 e. The van der Waals surface area contributed by atoms with Crippen LogP contribution in [0.4, 0.5) is 5.69 Å². The molecule has 0 aliphatic heterocycles. The Bertz CT molecular complexity index is 1640. The maximum atomic E-state index is 14.1. The number of aromatic nitrogens is 2. The van der Waals surface area contributed by atoms with Gasteiger partial charge in [-0.1, -0.05) is 69.3 Å². The van der Waals surface area contributed by atoms with Gasteiger partial charge in [-0.25, -0.2) is 17.4 Å². The Balaban J connectivity index is 1.87. The van der Waals surface area contributed by atoms with Crippen molar-refractivity contribution < 1.29 is 17.6 Å². The van der Waals surface area contributed by atoms with Gasteiger partial charge in [0.1, 0.15) is 11.9 Å². The van der Waals surface area contributed by atoms with Crippen LogP contribution in [-0.2, 0) is 20.9 Å². The van der Waals surface area contributed by atoms with Crippen molar-refractivity contribution in [3.8, 4) is 0 Å². The van der Waals surface area contributed by atoms with Crippen molar-refractivity contribution in [2.75, 3.05) is 5.73 Å². The van der Waals surface area contributed by atoms with Crippen LogP contribution in [0.25, 0.3) is 11.0 Å². The third-order valence-electron chi connectivity index (χ3n) is 7.78. The molecule has 0 radical (unpaired) electrons. The van der Waals surface area contributed by atoms with E-state index in [1.54, 1.807) is 38.1 Å². The lowest BCUT2D eigenvalue weighted by atomic mass is 10.00. The summed E-state index contributed by atoms with van der Waals surface area (Å²) in [6.07, 6.45) is -0.584. The fourth-order valence-electron chi connectivity index (χ4n) is 4.25. The van der Waals surface area contributed by atoms with Crippen molar-refractivity contribution in [2.45, 2.75) is 70.5 Å². The van der Waals surface area contributed by atoms with Crippen LogP contribution in [0.15, 0.2) is 72.8 Å². The number of rotatable bonds is 9. The first-order chi connectivity index (χ1) is 18.6. The van der Waals surface area contributed by atoms with E-state index in [0.29, 0.717) is 28.1 Å². The van der Waals surface area contributed by atoms with E-state index in [0.717, 1.165) is 11.1 Å². The summed E-state index contributed by atoms with van der Waals surface area (Å²) in [6, 6.07) is 21.8. The van der Waals surface area contributed by atoms with Gasteiger partial charge < -0.3 is 10.2 Å². The second-order valence-corrected chi connectivity index (χ2v) is 19.1. The van der Waals surface area contributed by atoms with Gasteiger partial charge in [-0.2, -0.15) is 0 Å². The average Bonchev–Trinajstić information content (AvgIpc) is 3.26. The van der Waals surface area contributed by atoms with Crippen molar-refractivity contribution in [3.63, 3.8) is 0 Å². The number of para-hydroxylation sites is 1. The zero-order valence-electron chi connectivity index (χ0n) is 24.3. The second-order valence-electron chi connectivity index (χ2n) is 12.0. The molecule has 0 amide bonds. The van der Waals surface area contributed by atoms with Crippen LogP contribution >= 0.6 is 0 Å². The minimum atomic E-state index is -3.81. The van der Waals surface area contributed by atoms with Crippen molar-refractivity contribution >= 4 is 40.8 Å². The summed E-state index contributed by atoms with van der Waals surface area (Å²) in [5.74, 6) is 0.129. The highest BCUT2D eigenvalue weighted by atomic mass is 32.2. The summed E-state index contributed by atoms with van der Waals surface area (Å²) in [6.45, 7) is 13.9. The van der Waals surface area contributed by atoms with Crippen LogP contribution in [0, 0.1) is 0 Å². The fourth-order valence-corrected chi connectivity index (χ4v) is 6.68. The van der Waals surface area contributed by atoms with Crippen LogP contribution in [0.2, 0.25) is 18.1 Å². The molecule has 0 saturated carbocycles. The number of fused-ring (bicyclic) bond motifs is 1. The molecule has 3 aromatic carbocycles. The molecule has 212 valence electrons. The number of carbonyl (C=O) groups is 1. The number of nitrogen functional groups attached to an aromatic ring is 1. The van der Waals surface area contributed by atoms with Gasteiger partial charge in [-0.05, 0) is 67.4 Å². The second kappa shape index (κ2) is 11.0. The maximum Gasteiger partial charge on any atom is 0.242 e. The Hall–Kier alpha value is -3.27. The molecule has 40 heavy (non-hydrogen) atoms. The SMILES string of the molecule is CC(C)S(=O)(=O)n1c(Cc2ccccc2N)nc2ccc(C(=O)C(O[Si](C)(C)C(C)(C)C)c3ccccc3)cc21. The van der Waals surface area contributed by atoms with E-state index < -0.39 is 29.7 Å². The molecule has 2 N–H and O–H groups in total. The summed E-state index contributed by atoms with van der Waals surface area (Å²) in [7, 11) is -6.16. The summed E-state index contributed by atoms with van der Waals surface area (Å²) in [4.78, 5) is 18.8. The number of ketones is 1. The molecule has 0 fully saturated rings. The quantitative estimate of drug-likeness (QED) is 0.134. The highest BCUT2D eigenvalue weighted by Crippen LogP contribution is 2.40. The third-order valence-corrected chi connectivity index (χ3v) is 14.3. The van der Waals surface area contributed by atoms with Crippen molar-refractivity contribution in [1.29, 1.82) is 0 Å². The molecule has 4 aromatic rings. The molecule has 0 aliphatic carbocycles. The summed E-state index contributed by atoms with van der Waals surface area (Å²) >= 11 is 0. The Morgan fingerprint density at radius 1 is 1.00 bits per heavy atom. The Labute approximate surface area is 238 Å². The first kappa shape index (κ1) is 29.7. The Morgan fingerprint density at radius 3 is 2.23 bits per heavy atom. The van der Waals surface area contributed by atoms with Crippen LogP contribution in [0.5, 0.6) is 0 Å². The van der Waals surface area contributed by atoms with Gasteiger partial charge in [0.15, 0.2) is 14.1 Å². The minimum Gasteiger partial charge on any atom is -0.403 e. The van der Waals surface area contributed by atoms with Crippen molar-refractivity contribution in [3.05, 3.63) is 95.3 Å². The number of carbonyl (C=O) groups excluding carboxylic acids is 1. The molecule has 0 aliphatic rings. The van der Waals surface area contributed by atoms with Gasteiger partial charge in [0.25, 0.3) is 0 Å². The van der Waals surface area contributed by atoms with Gasteiger partial charge in [-0.15, -0.1) is 0 Å². The molecule has 0 saturated heterocycles. The number of hydrogen-bond acceptors (Lipinski definition) is 6. The van der Waals surface area contributed by atoms with Crippen LogP contribution in [0.1, 0.15) is 68.0 Å². The van der Waals surface area contributed by atoms with Crippen molar-refractivity contribution in [1.82, 2.24) is 8.96 Å². The molecule has 1 aromatic heterocycles. The topological polar surface area (TPSA) is 104 Å². The first-order valence-corrected chi connectivity index (χ1v) is 17.9. The maximum absolute atomic E-state index is 14.1. The van der Waals surface area contributed by atoms with E-state index in [-0.39, 0.29) is 17.2 Å². The van der Waals surface area contributed by atoms with E-state index in [9.17, 15) is 13.2 Å². The minimum absolute atomic E-state index is 0.109. The van der Waals surface area contributed by atoms with Gasteiger partial charge in [-0.3, -0.25) is 4.79 Å². The van der Waals surface area contributed by atoms with Gasteiger partial charge >= 0.3 is 0 Å². The van der Waals surface area contributed by atoms with Crippen LogP contribution in [-0.4, -0.2) is 36.7 Å². The zero-order chi connectivity index (χ0) is 29.5. The van der Waals surface area contributed by atoms with Gasteiger partial charge in [0, 0.05) is 17.7 Å². The number of Topliss-reactive ketones (excluding diaryl/α,β-unsaturated/α-hetero) is 1. The van der Waals surface area contributed by atoms with E-state index in [1.807, 2.05) is 48.5 Å². The number of imidazole rings is 1. The van der Waals surface area contributed by atoms with E-state index in [1.165, 1.54) is 3.97 Å². The molecule has 1 atom stereocenters. The van der Waals surface area contributed by atoms with E-state index >= 15 is 0 Å². The Kier molecular flexibility index (Phi) is 8.13. The molecular formula is C31H39N3O4SSi. The van der Waals surface area contributed by atoms with E-state index in [2.05, 4.69) is 38.8 Å². The smallest absolute Gasteiger partial charge is 0.242 e. The number of nitrogens with zero attached hydrogens (tertiary/aromatic N) is 2. The number of hydrogen-bond donors (Lipinski definition) is 1. The third kappa shape index (κ3) is 5.77. The summed E-state index contributed by atoms with van der Waals surface area (Å²) in [5.41, 5.74) is 9.50. The summed E-state index contributed by atoms with van der Waals surface area (Å²) in [5, 5.41) is -0.808. The van der Waals surface area contributed by atoms with Crippen LogP contribution in [0.3, 0.4) is 0 Å². The molecule has 7 nitrogen and oxygen atoms in total. The summed E-state index contributed by atoms with van der Waals surface area (Å²) < 4.78 is 35.2. The highest BCUT2D eigenvalue weighted by molar-refractivity contribution is 7.90. The number of anilines is 1. The molecule has 1 unspecified atom stereocenters. The zero-order valence-corrected chi connectivity index (χ0v) is 26.1. The number of nitrogens with two attached hydrogens (primary N) is 1. The monoisotopic (exact) mass is 577 g/mol. The van der Waals surface area contributed by atoms with Gasteiger partial charge in [0.05, 0.1) is 16.3 Å². The van der Waals surface area contributed by atoms with E-state index in [4.69, 9.17) is 10.2 Å². The standard InChI is InChI=1S/C31H39N3O4SSi/c1-21(2)39(36,37)34-27-19-24(17-18-26(27)33-28(34)20-23-15-11-12-16-25(23)32)29(35)30(22-13-9-8-10-14-22)38-40(6,7)31(3,4)5/h8-19,21,30H,20,32H2,1-7H3. The predicted molar refractivity (Wildman–Crippen MR) is 165 cm³/mol. The van der Waals surface area contributed by atoms with Crippen LogP contribution < -0.4 is 5.73 Å². The lowest BCUT2D eigenvalue weighted by Crippen LogP contribution is -2.43. The lowest BCUT2D eigenvalue weighted by molar-refractivity contribution is 0.0767. The fraction of sp³-hybridized carbons (Fsp3) is 0.355. The first-order valence-electron chi connectivity index (χ1n) is 13.5.